The average molecular weight is 1550 g/mol. The molecule has 6 saturated heterocycles. The summed E-state index contributed by atoms with van der Waals surface area (Å²) in [5.74, 6) is -7.56. The van der Waals surface area contributed by atoms with E-state index in [9.17, 15) is 94.5 Å². The van der Waals surface area contributed by atoms with Crippen molar-refractivity contribution >= 4 is 72.0 Å². The summed E-state index contributed by atoms with van der Waals surface area (Å²) < 4.78 is 73.7. The molecule has 17 unspecified atom stereocenters. The largest absolute Gasteiger partial charge is 0.479 e. The number of carboxylic acid groups (broad SMARTS) is 1. The van der Waals surface area contributed by atoms with E-state index in [0.29, 0.717) is 5.75 Å². The number of aliphatic carboxylic acids is 1. The number of rotatable bonds is 36. The Kier molecular flexibility index (Phi) is 34.8. The summed E-state index contributed by atoms with van der Waals surface area (Å²) >= 11 is 5.82. The number of thioether (sulfide) groups is 1. The van der Waals surface area contributed by atoms with Crippen LogP contribution in [-0.4, -0.2) is 335 Å². The fourth-order valence-corrected chi connectivity index (χ4v) is 12.9. The lowest BCUT2D eigenvalue weighted by Gasteiger charge is -2.46. The standard InChI is InChI=1S/C62H93N3O38S2/c1-7-44(75)86-21-29(72)24-89-57(84)54-52(96-60-35(65-28(5)71)16-39(43(20-68)94-60)100-102-61-48(79)46(77)51(53(97-61)55(81)82)95-59-34(64-27(4)70)14-37(99-85-6)41(18-66)93-59)47(78)49(80)62(98-54)103-101-38-15-33(63-26(3)69)58(92-42(38)19-67)91-40-17-36(74)25(2)90-50(40)56(83)88-23-30(73)22-87-45(76)12-13-105-32-10-8-31(104)9-11-32/h7-8,10,25,29-30,33-43,46-54,58-62,66-68,72-74,77-80,104H,1,9,11-24H2,2-6H3,(H,63,69)(H,64,70)(H,65,71)(H,81,82)/t25?,29?,30-,33-,34-,35?,36?,37-,38?,39-,40+,41-,42-,43?,46?,47?,48?,49?,50?,51+,52+,53?,54?,58?,59-,60?,61?,62?/m0/s1. The molecular formula is C62H93N3O38S2. The number of nitrogens with one attached hydrogen (secondary N) is 3. The highest BCUT2D eigenvalue weighted by Gasteiger charge is 2.57. The van der Waals surface area contributed by atoms with Crippen molar-refractivity contribution in [1.82, 2.24) is 16.0 Å². The molecule has 43 heteroatoms. The van der Waals surface area contributed by atoms with E-state index in [2.05, 4.69) is 35.2 Å². The van der Waals surface area contributed by atoms with Crippen molar-refractivity contribution in [2.45, 2.75) is 244 Å². The van der Waals surface area contributed by atoms with Gasteiger partial charge < -0.3 is 134 Å². The summed E-state index contributed by atoms with van der Waals surface area (Å²) in [6.07, 6.45) is -39.1. The van der Waals surface area contributed by atoms with Crippen molar-refractivity contribution in [2.24, 2.45) is 0 Å². The Morgan fingerprint density at radius 2 is 1.01 bits per heavy atom. The van der Waals surface area contributed by atoms with Crippen molar-refractivity contribution in [3.63, 3.8) is 0 Å². The van der Waals surface area contributed by atoms with Crippen LogP contribution in [0.25, 0.3) is 0 Å². The van der Waals surface area contributed by atoms with E-state index >= 15 is 0 Å². The lowest BCUT2D eigenvalue weighted by atomic mass is 9.97. The van der Waals surface area contributed by atoms with Gasteiger partial charge in [0.1, 0.15) is 118 Å². The number of ether oxygens (including phenoxy) is 13. The highest BCUT2D eigenvalue weighted by Crippen LogP contribution is 2.37. The van der Waals surface area contributed by atoms with E-state index < -0.39 is 278 Å². The first-order valence-corrected chi connectivity index (χ1v) is 34.7. The summed E-state index contributed by atoms with van der Waals surface area (Å²) in [5.41, 5.74) is 0. The van der Waals surface area contributed by atoms with Crippen molar-refractivity contribution in [3.05, 3.63) is 34.6 Å². The lowest BCUT2D eigenvalue weighted by molar-refractivity contribution is -0.461. The van der Waals surface area contributed by atoms with Crippen LogP contribution in [0.15, 0.2) is 34.6 Å². The summed E-state index contributed by atoms with van der Waals surface area (Å²) in [4.78, 5) is 136. The molecule has 14 N–H and O–H groups in total. The maximum absolute atomic E-state index is 14.1. The van der Waals surface area contributed by atoms with Crippen LogP contribution in [0.1, 0.15) is 72.6 Å². The molecule has 1 aliphatic carbocycles. The zero-order valence-corrected chi connectivity index (χ0v) is 59.2. The predicted molar refractivity (Wildman–Crippen MR) is 344 cm³/mol. The third-order valence-electron chi connectivity index (χ3n) is 17.0. The van der Waals surface area contributed by atoms with Gasteiger partial charge in [-0.1, -0.05) is 18.7 Å². The monoisotopic (exact) mass is 1550 g/mol. The Morgan fingerprint density at radius 3 is 1.46 bits per heavy atom. The Balaban J connectivity index is 1.01. The fourth-order valence-electron chi connectivity index (χ4n) is 11.7. The molecule has 7 rings (SSSR count). The molecule has 3 amide bonds. The molecule has 0 saturated carbocycles. The molecule has 7 aliphatic rings. The van der Waals surface area contributed by atoms with Gasteiger partial charge in [0.2, 0.25) is 30.3 Å². The van der Waals surface area contributed by atoms with Crippen molar-refractivity contribution < 1.29 is 185 Å². The minimum atomic E-state index is -2.35. The topological polar surface area (TPSA) is 571 Å². The number of carbonyl (C=O) groups excluding carboxylic acids is 7. The SMILES string of the molecule is C=CC(=O)OCC(O)COC(=O)C1OC(OOC2C[C@H](NC(C)=O)C(O[C@@H]3CC(O)C(C)OC3C(=O)OC[C@@H](O)COC(=O)CCSC3=CC=C(S)CC3)O[C@H]2CO)C(O)C(O)[C@H]1OC1OC(CO)[C@@H](OOC2OC(C(=O)O)[C@H](O[C@@H]3O[C@@H](CO)[C@@H](OOC)C[C@@H]3NC(C)=O)C(O)C2O)CC1NC(C)=O. The molecule has 0 aromatic rings. The average Bonchev–Trinajstić information content (AvgIpc) is 0.781. The highest BCUT2D eigenvalue weighted by molar-refractivity contribution is 8.03. The van der Waals surface area contributed by atoms with Gasteiger partial charge in [-0.05, 0) is 29.6 Å². The van der Waals surface area contributed by atoms with E-state index in [4.69, 9.17) is 90.9 Å². The van der Waals surface area contributed by atoms with Gasteiger partial charge in [0.15, 0.2) is 37.2 Å². The molecule has 6 aliphatic heterocycles. The summed E-state index contributed by atoms with van der Waals surface area (Å²) in [6.45, 7) is 2.57. The Bertz CT molecular complexity index is 2940. The summed E-state index contributed by atoms with van der Waals surface area (Å²) in [6, 6.07) is -3.87. The van der Waals surface area contributed by atoms with E-state index in [1.54, 1.807) is 0 Å². The fraction of sp³-hybridized carbons (Fsp3) is 0.774. The molecule has 0 bridgehead atoms. The Morgan fingerprint density at radius 1 is 0.562 bits per heavy atom. The van der Waals surface area contributed by atoms with Crippen LogP contribution >= 0.6 is 24.4 Å². The van der Waals surface area contributed by atoms with Crippen molar-refractivity contribution in [2.75, 3.05) is 59.1 Å². The number of thiol groups is 1. The second-order valence-electron chi connectivity index (χ2n) is 25.1. The first-order chi connectivity index (χ1) is 49.9. The number of amides is 3. The van der Waals surface area contributed by atoms with E-state index in [-0.39, 0.29) is 19.3 Å². The van der Waals surface area contributed by atoms with Crippen LogP contribution in [0.2, 0.25) is 0 Å². The quantitative estimate of drug-likeness (QED) is 0.00693. The van der Waals surface area contributed by atoms with E-state index in [1.807, 2.05) is 12.2 Å². The molecule has 0 radical (unpaired) electrons. The van der Waals surface area contributed by atoms with Gasteiger partial charge in [-0.2, -0.15) is 0 Å². The van der Waals surface area contributed by atoms with Gasteiger partial charge in [-0.25, -0.2) is 48.5 Å². The highest BCUT2D eigenvalue weighted by atomic mass is 32.2. The van der Waals surface area contributed by atoms with E-state index in [1.165, 1.54) is 25.8 Å². The molecule has 28 atom stereocenters. The number of allylic oxidation sites excluding steroid dienone is 4. The van der Waals surface area contributed by atoms with Gasteiger partial charge in [0.25, 0.3) is 0 Å². The minimum absolute atomic E-state index is 0.0315. The molecular weight excluding hydrogens is 1460 g/mol. The number of esters is 4. The van der Waals surface area contributed by atoms with Crippen molar-refractivity contribution in [1.29, 1.82) is 0 Å². The second kappa shape index (κ2) is 42.0. The zero-order chi connectivity index (χ0) is 76.9. The van der Waals surface area contributed by atoms with Crippen LogP contribution in [0.3, 0.4) is 0 Å². The van der Waals surface area contributed by atoms with Crippen LogP contribution in [0.5, 0.6) is 0 Å². The maximum Gasteiger partial charge on any atom is 0.338 e. The van der Waals surface area contributed by atoms with Crippen molar-refractivity contribution in [3.8, 4) is 0 Å². The van der Waals surface area contributed by atoms with Gasteiger partial charge in [0.05, 0.1) is 63.7 Å². The first-order valence-electron chi connectivity index (χ1n) is 33.3. The first kappa shape index (κ1) is 86.9. The second-order valence-corrected chi connectivity index (χ2v) is 26.9. The van der Waals surface area contributed by atoms with E-state index in [0.717, 1.165) is 49.5 Å². The lowest BCUT2D eigenvalue weighted by Crippen LogP contribution is -2.65. The molecule has 105 heavy (non-hydrogen) atoms. The third kappa shape index (κ3) is 25.1. The predicted octanol–water partition coefficient (Wildman–Crippen LogP) is -6.23. The molecule has 0 aromatic heterocycles. The number of carboxylic acids is 1. The number of hydrogen-bond acceptors (Lipinski definition) is 39. The van der Waals surface area contributed by atoms with Gasteiger partial charge in [0, 0.05) is 58.3 Å². The summed E-state index contributed by atoms with van der Waals surface area (Å²) in [7, 11) is 1.18. The maximum atomic E-state index is 14.1. The molecule has 0 aromatic carbocycles. The molecule has 41 nitrogen and oxygen atoms in total. The zero-order valence-electron chi connectivity index (χ0n) is 57.5. The molecule has 0 spiro atoms. The Hall–Kier alpha value is -5.32. The summed E-state index contributed by atoms with van der Waals surface area (Å²) in [5, 5.41) is 128. The molecule has 6 fully saturated rings. The third-order valence-corrected chi connectivity index (χ3v) is 18.5. The smallest absolute Gasteiger partial charge is 0.338 e. The minimum Gasteiger partial charge on any atom is -0.479 e. The number of aliphatic hydroxyl groups excluding tert-OH is 10. The molecule has 6 heterocycles. The molecule has 596 valence electrons. The Labute approximate surface area is 609 Å². The number of hydrogen-bond donors (Lipinski definition) is 15. The number of carbonyl (C=O) groups is 8. The van der Waals surface area contributed by atoms with Crippen LogP contribution < -0.4 is 16.0 Å². The number of aliphatic hydroxyl groups is 10. The van der Waals surface area contributed by atoms with Crippen LogP contribution in [0, 0.1) is 0 Å². The van der Waals surface area contributed by atoms with Gasteiger partial charge in [-0.3, -0.25) is 19.2 Å². The van der Waals surface area contributed by atoms with Gasteiger partial charge >= 0.3 is 29.8 Å². The van der Waals surface area contributed by atoms with Gasteiger partial charge in [-0.15, -0.1) is 24.4 Å². The normalized spacial score (nSPS) is 36.3. The van der Waals surface area contributed by atoms with Crippen LogP contribution in [-0.2, 0) is 129 Å². The van der Waals surface area contributed by atoms with Crippen LogP contribution in [0.4, 0.5) is 0 Å².